The standard InChI is InChI=1S/C11H17N3O2/c1-7-8(12)13-10(14-9(7)15)11(2)5-3-4-6-16-11/h3-6H2,1-2H3,(H3,12,13,14,15). The number of anilines is 1. The zero-order chi connectivity index (χ0) is 11.8. The molecule has 5 heteroatoms. The van der Waals surface area contributed by atoms with Gasteiger partial charge in [-0.05, 0) is 33.1 Å². The molecule has 1 saturated heterocycles. The number of aromatic amines is 1. The summed E-state index contributed by atoms with van der Waals surface area (Å²) in [5, 5.41) is 0. The molecule has 1 atom stereocenters. The monoisotopic (exact) mass is 223 g/mol. The average molecular weight is 223 g/mol. The number of hydrogen-bond donors (Lipinski definition) is 2. The van der Waals surface area contributed by atoms with E-state index >= 15 is 0 Å². The molecule has 0 radical (unpaired) electrons. The lowest BCUT2D eigenvalue weighted by Gasteiger charge is -2.32. The van der Waals surface area contributed by atoms with Gasteiger partial charge in [-0.15, -0.1) is 0 Å². The van der Waals surface area contributed by atoms with Gasteiger partial charge in [0.1, 0.15) is 17.2 Å². The van der Waals surface area contributed by atoms with Crippen molar-refractivity contribution in [2.24, 2.45) is 0 Å². The summed E-state index contributed by atoms with van der Waals surface area (Å²) in [6, 6.07) is 0. The Morgan fingerprint density at radius 1 is 1.50 bits per heavy atom. The fourth-order valence-corrected chi connectivity index (χ4v) is 1.92. The largest absolute Gasteiger partial charge is 0.383 e. The summed E-state index contributed by atoms with van der Waals surface area (Å²) in [6.45, 7) is 4.31. The van der Waals surface area contributed by atoms with Crippen LogP contribution in [0.3, 0.4) is 0 Å². The van der Waals surface area contributed by atoms with E-state index in [1.165, 1.54) is 0 Å². The van der Waals surface area contributed by atoms with Crippen LogP contribution in [-0.4, -0.2) is 16.6 Å². The van der Waals surface area contributed by atoms with Crippen molar-refractivity contribution >= 4 is 5.82 Å². The van der Waals surface area contributed by atoms with E-state index in [1.807, 2.05) is 6.92 Å². The van der Waals surface area contributed by atoms with Gasteiger partial charge in [0.25, 0.3) is 5.56 Å². The minimum Gasteiger partial charge on any atom is -0.383 e. The third-order valence-corrected chi connectivity index (χ3v) is 3.16. The fraction of sp³-hybridized carbons (Fsp3) is 0.636. The molecule has 88 valence electrons. The minimum atomic E-state index is -0.501. The Morgan fingerprint density at radius 3 is 2.81 bits per heavy atom. The van der Waals surface area contributed by atoms with Crippen molar-refractivity contribution in [3.05, 3.63) is 21.7 Å². The average Bonchev–Trinajstić information content (AvgIpc) is 2.26. The molecule has 1 fully saturated rings. The lowest BCUT2D eigenvalue weighted by molar-refractivity contribution is -0.0761. The van der Waals surface area contributed by atoms with E-state index in [1.54, 1.807) is 6.92 Å². The summed E-state index contributed by atoms with van der Waals surface area (Å²) in [4.78, 5) is 18.6. The first-order valence-electron chi connectivity index (χ1n) is 5.54. The van der Waals surface area contributed by atoms with Gasteiger partial charge in [-0.2, -0.15) is 0 Å². The molecule has 1 aliphatic rings. The van der Waals surface area contributed by atoms with Crippen molar-refractivity contribution in [1.29, 1.82) is 0 Å². The molecule has 3 N–H and O–H groups in total. The predicted octanol–water partition coefficient (Wildman–Crippen LogP) is 1.08. The smallest absolute Gasteiger partial charge is 0.255 e. The summed E-state index contributed by atoms with van der Waals surface area (Å²) in [5.74, 6) is 0.828. The van der Waals surface area contributed by atoms with E-state index in [0.717, 1.165) is 19.3 Å². The van der Waals surface area contributed by atoms with Gasteiger partial charge in [0, 0.05) is 6.61 Å². The topological polar surface area (TPSA) is 81.0 Å². The number of ether oxygens (including phenoxy) is 1. The third kappa shape index (κ3) is 1.82. The molecule has 0 amide bonds. The molecule has 2 heterocycles. The van der Waals surface area contributed by atoms with Gasteiger partial charge in [0.05, 0.1) is 5.56 Å². The van der Waals surface area contributed by atoms with E-state index in [4.69, 9.17) is 10.5 Å². The molecule has 1 aromatic rings. The molecule has 0 bridgehead atoms. The van der Waals surface area contributed by atoms with E-state index in [0.29, 0.717) is 18.0 Å². The normalized spacial score (nSPS) is 25.6. The van der Waals surface area contributed by atoms with E-state index in [9.17, 15) is 4.79 Å². The molecule has 1 aromatic heterocycles. The summed E-state index contributed by atoms with van der Waals surface area (Å²) in [7, 11) is 0. The highest BCUT2D eigenvalue weighted by Gasteiger charge is 2.33. The molecule has 0 spiro atoms. The van der Waals surface area contributed by atoms with Crippen molar-refractivity contribution in [3.63, 3.8) is 0 Å². The third-order valence-electron chi connectivity index (χ3n) is 3.16. The highest BCUT2D eigenvalue weighted by molar-refractivity contribution is 5.36. The van der Waals surface area contributed by atoms with Crippen LogP contribution in [0.2, 0.25) is 0 Å². The molecule has 16 heavy (non-hydrogen) atoms. The van der Waals surface area contributed by atoms with Crippen molar-refractivity contribution < 1.29 is 4.74 Å². The van der Waals surface area contributed by atoms with Gasteiger partial charge < -0.3 is 15.5 Å². The van der Waals surface area contributed by atoms with Gasteiger partial charge in [0.15, 0.2) is 0 Å². The van der Waals surface area contributed by atoms with Gasteiger partial charge in [-0.1, -0.05) is 0 Å². The number of nitrogens with two attached hydrogens (primary N) is 1. The maximum Gasteiger partial charge on any atom is 0.255 e. The quantitative estimate of drug-likeness (QED) is 0.746. The number of nitrogens with zero attached hydrogens (tertiary/aromatic N) is 1. The zero-order valence-corrected chi connectivity index (χ0v) is 9.67. The predicted molar refractivity (Wildman–Crippen MR) is 61.2 cm³/mol. The van der Waals surface area contributed by atoms with Crippen LogP contribution in [-0.2, 0) is 10.3 Å². The van der Waals surface area contributed by atoms with Crippen molar-refractivity contribution in [2.75, 3.05) is 12.3 Å². The summed E-state index contributed by atoms with van der Waals surface area (Å²) >= 11 is 0. The maximum absolute atomic E-state index is 11.6. The molecular formula is C11H17N3O2. The molecule has 5 nitrogen and oxygen atoms in total. The lowest BCUT2D eigenvalue weighted by atomic mass is 9.95. The Labute approximate surface area is 94.0 Å². The van der Waals surface area contributed by atoms with Crippen LogP contribution in [0.25, 0.3) is 0 Å². The van der Waals surface area contributed by atoms with Crippen LogP contribution in [0.1, 0.15) is 37.6 Å². The van der Waals surface area contributed by atoms with Crippen LogP contribution >= 0.6 is 0 Å². The number of hydrogen-bond acceptors (Lipinski definition) is 4. The van der Waals surface area contributed by atoms with Crippen LogP contribution in [0, 0.1) is 6.92 Å². The van der Waals surface area contributed by atoms with Crippen molar-refractivity contribution in [1.82, 2.24) is 9.97 Å². The lowest BCUT2D eigenvalue weighted by Crippen LogP contribution is -2.35. The van der Waals surface area contributed by atoms with Gasteiger partial charge in [0.2, 0.25) is 0 Å². The molecule has 0 aliphatic carbocycles. The number of H-pyrrole nitrogens is 1. The van der Waals surface area contributed by atoms with Crippen LogP contribution in [0.15, 0.2) is 4.79 Å². The zero-order valence-electron chi connectivity index (χ0n) is 9.67. The van der Waals surface area contributed by atoms with Crippen molar-refractivity contribution in [2.45, 2.75) is 38.7 Å². The molecule has 0 saturated carbocycles. The number of nitrogens with one attached hydrogen (secondary N) is 1. The van der Waals surface area contributed by atoms with Crippen molar-refractivity contribution in [3.8, 4) is 0 Å². The highest BCUT2D eigenvalue weighted by Crippen LogP contribution is 2.32. The minimum absolute atomic E-state index is 0.183. The van der Waals surface area contributed by atoms with Crippen LogP contribution in [0.4, 0.5) is 5.82 Å². The van der Waals surface area contributed by atoms with E-state index < -0.39 is 5.60 Å². The second kappa shape index (κ2) is 3.90. The molecule has 2 rings (SSSR count). The van der Waals surface area contributed by atoms with Gasteiger partial charge in [-0.25, -0.2) is 4.98 Å². The van der Waals surface area contributed by atoms with Crippen LogP contribution in [0.5, 0.6) is 0 Å². The molecule has 0 aromatic carbocycles. The first-order valence-corrected chi connectivity index (χ1v) is 5.54. The fourth-order valence-electron chi connectivity index (χ4n) is 1.92. The SMILES string of the molecule is Cc1c(N)nc(C2(C)CCCCO2)[nH]c1=O. The Kier molecular flexibility index (Phi) is 2.71. The molecule has 1 aliphatic heterocycles. The highest BCUT2D eigenvalue weighted by atomic mass is 16.5. The summed E-state index contributed by atoms with van der Waals surface area (Å²) in [5.41, 5.74) is 5.48. The number of nitrogen functional groups attached to an aromatic ring is 1. The Bertz CT molecular complexity index is 447. The second-order valence-corrected chi connectivity index (χ2v) is 4.46. The van der Waals surface area contributed by atoms with Gasteiger partial charge >= 0.3 is 0 Å². The summed E-state index contributed by atoms with van der Waals surface area (Å²) < 4.78 is 5.71. The Balaban J connectivity index is 2.43. The van der Waals surface area contributed by atoms with Crippen LogP contribution < -0.4 is 11.3 Å². The van der Waals surface area contributed by atoms with E-state index in [-0.39, 0.29) is 11.4 Å². The first kappa shape index (κ1) is 11.1. The maximum atomic E-state index is 11.6. The van der Waals surface area contributed by atoms with Gasteiger partial charge in [-0.3, -0.25) is 4.79 Å². The Hall–Kier alpha value is -1.36. The number of rotatable bonds is 1. The summed E-state index contributed by atoms with van der Waals surface area (Å²) in [6.07, 6.45) is 2.99. The second-order valence-electron chi connectivity index (χ2n) is 4.46. The molecular weight excluding hydrogens is 206 g/mol. The Morgan fingerprint density at radius 2 is 2.25 bits per heavy atom. The first-order chi connectivity index (χ1) is 7.53. The number of aromatic nitrogens is 2. The molecule has 1 unspecified atom stereocenters. The van der Waals surface area contributed by atoms with E-state index in [2.05, 4.69) is 9.97 Å².